The number of hydrogen-bond acceptors (Lipinski definition) is 1. The predicted molar refractivity (Wildman–Crippen MR) is 118 cm³/mol. The van der Waals surface area contributed by atoms with E-state index < -0.39 is 0 Å². The summed E-state index contributed by atoms with van der Waals surface area (Å²) in [5.74, 6) is 4.52. The predicted octanol–water partition coefficient (Wildman–Crippen LogP) is 7.37. The summed E-state index contributed by atoms with van der Waals surface area (Å²) in [6, 6.07) is 0. The van der Waals surface area contributed by atoms with Crippen LogP contribution in [0, 0.1) is 46.3 Å². The third kappa shape index (κ3) is 3.16. The number of Topliss-reactive ketones (excluding diaryl/α,β-unsaturated/α-hetero) is 1. The summed E-state index contributed by atoms with van der Waals surface area (Å²) in [4.78, 5) is 13.4. The average molecular weight is 383 g/mol. The van der Waals surface area contributed by atoms with E-state index >= 15 is 0 Å². The Hall–Kier alpha value is -0.850. The van der Waals surface area contributed by atoms with Gasteiger partial charge in [0.1, 0.15) is 5.78 Å². The van der Waals surface area contributed by atoms with Crippen LogP contribution in [0.3, 0.4) is 0 Å². The number of allylic oxidation sites excluding steroid dienone is 3. The second kappa shape index (κ2) is 7.44. The third-order valence-corrected chi connectivity index (χ3v) is 10.1. The second-order valence-corrected chi connectivity index (χ2v) is 11.5. The van der Waals surface area contributed by atoms with Crippen molar-refractivity contribution in [1.29, 1.82) is 0 Å². The molecule has 0 aromatic rings. The Morgan fingerprint density at radius 3 is 2.61 bits per heavy atom. The lowest BCUT2D eigenvalue weighted by Gasteiger charge is -2.60. The Kier molecular flexibility index (Phi) is 5.43. The maximum absolute atomic E-state index is 13.4. The molecule has 0 aromatic heterocycles. The molecule has 0 aromatic carbocycles. The van der Waals surface area contributed by atoms with E-state index in [0.717, 1.165) is 24.3 Å². The van der Waals surface area contributed by atoms with Gasteiger partial charge < -0.3 is 0 Å². The summed E-state index contributed by atoms with van der Waals surface area (Å²) in [5, 5.41) is 0. The number of rotatable bonds is 4. The monoisotopic (exact) mass is 382 g/mol. The van der Waals surface area contributed by atoms with Gasteiger partial charge in [-0.2, -0.15) is 0 Å². The molecule has 0 amide bonds. The minimum atomic E-state index is 0.376. The van der Waals surface area contributed by atoms with Crippen molar-refractivity contribution in [2.75, 3.05) is 0 Å². The minimum Gasteiger partial charge on any atom is -0.299 e. The molecule has 0 N–H and O–H groups in total. The van der Waals surface area contributed by atoms with Gasteiger partial charge in [0.15, 0.2) is 0 Å². The zero-order valence-corrected chi connectivity index (χ0v) is 18.8. The summed E-state index contributed by atoms with van der Waals surface area (Å²) in [5.41, 5.74) is 1.98. The fourth-order valence-corrected chi connectivity index (χ4v) is 8.58. The molecular weight excluding hydrogens is 340 g/mol. The highest BCUT2D eigenvalue weighted by molar-refractivity contribution is 5.83. The molecule has 4 aliphatic rings. The molecule has 156 valence electrons. The van der Waals surface area contributed by atoms with Crippen LogP contribution in [-0.2, 0) is 4.79 Å². The highest BCUT2D eigenvalue weighted by atomic mass is 16.1. The zero-order valence-electron chi connectivity index (χ0n) is 18.8. The van der Waals surface area contributed by atoms with Gasteiger partial charge in [-0.15, -0.1) is 0 Å². The largest absolute Gasteiger partial charge is 0.299 e. The molecule has 4 rings (SSSR count). The molecule has 4 saturated carbocycles. The minimum absolute atomic E-state index is 0.376. The Morgan fingerprint density at radius 1 is 1.11 bits per heavy atom. The van der Waals surface area contributed by atoms with Crippen molar-refractivity contribution < 1.29 is 4.79 Å². The Labute approximate surface area is 173 Å². The van der Waals surface area contributed by atoms with Crippen LogP contribution >= 0.6 is 0 Å². The molecule has 8 atom stereocenters. The average Bonchev–Trinajstić information content (AvgIpc) is 2.99. The van der Waals surface area contributed by atoms with Crippen molar-refractivity contribution in [3.05, 3.63) is 24.3 Å². The highest BCUT2D eigenvalue weighted by Gasteiger charge is 2.62. The van der Waals surface area contributed by atoms with Gasteiger partial charge in [-0.05, 0) is 92.3 Å². The van der Waals surface area contributed by atoms with Crippen molar-refractivity contribution in [3.63, 3.8) is 0 Å². The maximum atomic E-state index is 13.4. The molecule has 0 heterocycles. The van der Waals surface area contributed by atoms with Gasteiger partial charge in [-0.25, -0.2) is 0 Å². The lowest BCUT2D eigenvalue weighted by molar-refractivity contribution is -0.156. The van der Waals surface area contributed by atoms with Gasteiger partial charge in [-0.1, -0.05) is 57.9 Å². The highest BCUT2D eigenvalue weighted by Crippen LogP contribution is 2.67. The van der Waals surface area contributed by atoms with Crippen molar-refractivity contribution in [2.45, 2.75) is 91.9 Å². The zero-order chi connectivity index (χ0) is 20.1. The van der Waals surface area contributed by atoms with Crippen LogP contribution in [0.4, 0.5) is 0 Å². The molecule has 1 heteroatoms. The molecule has 0 radical (unpaired) electrons. The van der Waals surface area contributed by atoms with Crippen molar-refractivity contribution in [1.82, 2.24) is 0 Å². The van der Waals surface area contributed by atoms with E-state index in [1.54, 1.807) is 0 Å². The van der Waals surface area contributed by atoms with E-state index in [0.29, 0.717) is 46.2 Å². The SMILES string of the molecule is C=C(C)C=CC[C@@H](C)[C@H]1CC[C@H]2[C@@H]3C(=O)CC4CCCC[C@]4(C)[C@H]3CC[C@]12C. The Bertz CT molecular complexity index is 659. The number of carbonyl (C=O) groups excluding carboxylic acids is 1. The van der Waals surface area contributed by atoms with E-state index in [1.165, 1.54) is 51.4 Å². The van der Waals surface area contributed by atoms with Crippen molar-refractivity contribution in [3.8, 4) is 0 Å². The number of hydrogen-bond donors (Lipinski definition) is 0. The van der Waals surface area contributed by atoms with Crippen LogP contribution in [-0.4, -0.2) is 5.78 Å². The summed E-state index contributed by atoms with van der Waals surface area (Å²) >= 11 is 0. The molecule has 4 aliphatic carbocycles. The van der Waals surface area contributed by atoms with E-state index in [1.807, 2.05) is 0 Å². The number of ketones is 1. The summed E-state index contributed by atoms with van der Waals surface area (Å²) < 4.78 is 0. The van der Waals surface area contributed by atoms with Gasteiger partial charge >= 0.3 is 0 Å². The van der Waals surface area contributed by atoms with E-state index in [4.69, 9.17) is 0 Å². The van der Waals surface area contributed by atoms with Gasteiger partial charge in [-0.3, -0.25) is 4.79 Å². The number of fused-ring (bicyclic) bond motifs is 5. The van der Waals surface area contributed by atoms with Gasteiger partial charge in [0.05, 0.1) is 0 Å². The van der Waals surface area contributed by atoms with Crippen molar-refractivity contribution >= 4 is 5.78 Å². The summed E-state index contributed by atoms with van der Waals surface area (Å²) in [7, 11) is 0. The van der Waals surface area contributed by atoms with Crippen LogP contribution in [0.5, 0.6) is 0 Å². The summed E-state index contributed by atoms with van der Waals surface area (Å²) in [6.45, 7) is 13.7. The van der Waals surface area contributed by atoms with Crippen LogP contribution in [0.15, 0.2) is 24.3 Å². The lowest BCUT2D eigenvalue weighted by Crippen LogP contribution is -2.56. The molecule has 0 saturated heterocycles. The first-order chi connectivity index (χ1) is 13.3. The molecule has 0 spiro atoms. The smallest absolute Gasteiger partial charge is 0.136 e. The second-order valence-electron chi connectivity index (χ2n) is 11.5. The van der Waals surface area contributed by atoms with E-state index in [-0.39, 0.29) is 0 Å². The molecule has 1 nitrogen and oxygen atoms in total. The maximum Gasteiger partial charge on any atom is 0.136 e. The van der Waals surface area contributed by atoms with Crippen LogP contribution in [0.2, 0.25) is 0 Å². The molecule has 28 heavy (non-hydrogen) atoms. The van der Waals surface area contributed by atoms with Crippen LogP contribution in [0.1, 0.15) is 91.9 Å². The van der Waals surface area contributed by atoms with Crippen LogP contribution in [0.25, 0.3) is 0 Å². The normalized spacial score (nSPS) is 46.7. The van der Waals surface area contributed by atoms with Gasteiger partial charge in [0.25, 0.3) is 0 Å². The lowest BCUT2D eigenvalue weighted by atomic mass is 9.44. The molecule has 0 bridgehead atoms. The molecule has 0 aliphatic heterocycles. The molecule has 4 fully saturated rings. The topological polar surface area (TPSA) is 17.1 Å². The Morgan fingerprint density at radius 2 is 1.86 bits per heavy atom. The third-order valence-electron chi connectivity index (χ3n) is 10.1. The summed E-state index contributed by atoms with van der Waals surface area (Å²) in [6.07, 6.45) is 17.3. The first-order valence-corrected chi connectivity index (χ1v) is 12.1. The fourth-order valence-electron chi connectivity index (χ4n) is 8.58. The first-order valence-electron chi connectivity index (χ1n) is 12.1. The Balaban J connectivity index is 1.55. The van der Waals surface area contributed by atoms with Gasteiger partial charge in [0.2, 0.25) is 0 Å². The first kappa shape index (κ1) is 20.4. The van der Waals surface area contributed by atoms with Crippen LogP contribution < -0.4 is 0 Å². The number of carbonyl (C=O) groups is 1. The van der Waals surface area contributed by atoms with E-state index in [2.05, 4.69) is 46.4 Å². The van der Waals surface area contributed by atoms with Gasteiger partial charge in [0, 0.05) is 12.3 Å². The fraction of sp³-hybridized carbons (Fsp3) is 0.815. The van der Waals surface area contributed by atoms with Crippen molar-refractivity contribution in [2.24, 2.45) is 46.3 Å². The standard InChI is InChI=1S/C27H42O/c1-18(2)9-8-10-19(3)21-12-13-22-25-23(14-16-27(21,22)5)26(4)15-7-6-11-20(26)17-24(25)28/h8-9,19-23,25H,1,6-7,10-17H2,2-5H3/t19-,20?,21-,22+,23+,25+,26+,27-/m1/s1. The molecule has 1 unspecified atom stereocenters. The molecular formula is C27H42O. The van der Waals surface area contributed by atoms with E-state index in [9.17, 15) is 4.79 Å². The quantitative estimate of drug-likeness (QED) is 0.464.